The number of rotatable bonds is 8. The highest BCUT2D eigenvalue weighted by molar-refractivity contribution is 5.87. The first kappa shape index (κ1) is 14.4. The van der Waals surface area contributed by atoms with Gasteiger partial charge in [0.25, 0.3) is 0 Å². The van der Waals surface area contributed by atoms with Crippen molar-refractivity contribution in [3.8, 4) is 0 Å². The second kappa shape index (κ2) is 8.43. The summed E-state index contributed by atoms with van der Waals surface area (Å²) < 4.78 is 15.1. The molecule has 0 fully saturated rings. The summed E-state index contributed by atoms with van der Waals surface area (Å²) in [5.41, 5.74) is 6.23. The minimum atomic E-state index is -0.452. The number of pyridine rings is 1. The van der Waals surface area contributed by atoms with Crippen molar-refractivity contribution in [2.24, 2.45) is 0 Å². The molecule has 6 heteroatoms. The highest BCUT2D eigenvalue weighted by atomic mass is 16.5. The van der Waals surface area contributed by atoms with Crippen molar-refractivity contribution < 1.29 is 19.0 Å². The van der Waals surface area contributed by atoms with Crippen LogP contribution in [-0.2, 0) is 14.2 Å². The molecule has 1 aromatic rings. The van der Waals surface area contributed by atoms with Crippen molar-refractivity contribution in [1.29, 1.82) is 0 Å². The number of anilines is 1. The van der Waals surface area contributed by atoms with Crippen molar-refractivity contribution >= 4 is 11.7 Å². The molecule has 0 radical (unpaired) electrons. The van der Waals surface area contributed by atoms with E-state index >= 15 is 0 Å². The molecule has 0 atom stereocenters. The van der Waals surface area contributed by atoms with Gasteiger partial charge in [-0.05, 0) is 12.1 Å². The molecular weight excluding hydrogens is 236 g/mol. The van der Waals surface area contributed by atoms with Crippen molar-refractivity contribution in [2.75, 3.05) is 39.3 Å². The van der Waals surface area contributed by atoms with Crippen LogP contribution in [0.4, 0.5) is 5.69 Å². The zero-order valence-electron chi connectivity index (χ0n) is 10.4. The van der Waals surface area contributed by atoms with Crippen LogP contribution in [0.3, 0.4) is 0 Å². The molecule has 6 nitrogen and oxygen atoms in total. The molecule has 0 unspecified atom stereocenters. The molecule has 0 aliphatic heterocycles. The van der Waals surface area contributed by atoms with E-state index in [1.165, 1.54) is 12.3 Å². The van der Waals surface area contributed by atoms with Crippen LogP contribution in [0, 0.1) is 0 Å². The molecule has 0 bridgehead atoms. The molecule has 1 rings (SSSR count). The topological polar surface area (TPSA) is 83.7 Å². The molecule has 0 saturated heterocycles. The number of methoxy groups -OCH3 is 1. The Labute approximate surface area is 106 Å². The van der Waals surface area contributed by atoms with Gasteiger partial charge < -0.3 is 19.9 Å². The van der Waals surface area contributed by atoms with Crippen LogP contribution in [0.15, 0.2) is 18.3 Å². The van der Waals surface area contributed by atoms with Crippen LogP contribution in [0.2, 0.25) is 0 Å². The van der Waals surface area contributed by atoms with E-state index in [9.17, 15) is 4.79 Å². The van der Waals surface area contributed by atoms with Crippen molar-refractivity contribution in [2.45, 2.75) is 6.42 Å². The molecule has 100 valence electrons. The Hall–Kier alpha value is -1.66. The Bertz CT molecular complexity index is 354. The smallest absolute Gasteiger partial charge is 0.356 e. The standard InChI is InChI=1S/C12H18N2O4/c1-16-7-8-17-5-2-6-18-12(15)11-4-3-10(13)9-14-11/h3-4,9H,2,5-8,13H2,1H3. The van der Waals surface area contributed by atoms with Crippen molar-refractivity contribution in [3.05, 3.63) is 24.0 Å². The summed E-state index contributed by atoms with van der Waals surface area (Å²) in [5.74, 6) is -0.452. The zero-order chi connectivity index (χ0) is 13.2. The number of carbonyl (C=O) groups excluding carboxylic acids is 1. The predicted octanol–water partition coefficient (Wildman–Crippen LogP) is 0.874. The van der Waals surface area contributed by atoms with Gasteiger partial charge in [0.05, 0.1) is 31.7 Å². The van der Waals surface area contributed by atoms with Gasteiger partial charge in [-0.15, -0.1) is 0 Å². The van der Waals surface area contributed by atoms with Gasteiger partial charge in [-0.3, -0.25) is 0 Å². The number of esters is 1. The Morgan fingerprint density at radius 3 is 2.78 bits per heavy atom. The summed E-state index contributed by atoms with van der Waals surface area (Å²) in [5, 5.41) is 0. The van der Waals surface area contributed by atoms with Crippen LogP contribution >= 0.6 is 0 Å². The Morgan fingerprint density at radius 2 is 2.11 bits per heavy atom. The fraction of sp³-hybridized carbons (Fsp3) is 0.500. The maximum absolute atomic E-state index is 11.5. The summed E-state index contributed by atoms with van der Waals surface area (Å²) in [6, 6.07) is 3.14. The van der Waals surface area contributed by atoms with Crippen molar-refractivity contribution in [3.63, 3.8) is 0 Å². The van der Waals surface area contributed by atoms with E-state index in [4.69, 9.17) is 19.9 Å². The highest BCUT2D eigenvalue weighted by Gasteiger charge is 2.07. The first-order valence-corrected chi connectivity index (χ1v) is 5.69. The number of ether oxygens (including phenoxy) is 3. The predicted molar refractivity (Wildman–Crippen MR) is 66.2 cm³/mol. The third-order valence-electron chi connectivity index (χ3n) is 2.09. The molecule has 2 N–H and O–H groups in total. The lowest BCUT2D eigenvalue weighted by Gasteiger charge is -2.05. The highest BCUT2D eigenvalue weighted by Crippen LogP contribution is 2.02. The van der Waals surface area contributed by atoms with Crippen LogP contribution in [0.5, 0.6) is 0 Å². The minimum absolute atomic E-state index is 0.254. The van der Waals surface area contributed by atoms with Gasteiger partial charge in [0.2, 0.25) is 0 Å². The van der Waals surface area contributed by atoms with Gasteiger partial charge in [-0.25, -0.2) is 9.78 Å². The Kier molecular flexibility index (Phi) is 6.75. The molecule has 0 saturated carbocycles. The number of hydrogen-bond donors (Lipinski definition) is 1. The van der Waals surface area contributed by atoms with Crippen LogP contribution in [-0.4, -0.2) is 44.5 Å². The normalized spacial score (nSPS) is 10.3. The van der Waals surface area contributed by atoms with Crippen LogP contribution in [0.1, 0.15) is 16.9 Å². The maximum atomic E-state index is 11.5. The summed E-state index contributed by atoms with van der Waals surface area (Å²) >= 11 is 0. The van der Waals surface area contributed by atoms with Gasteiger partial charge in [-0.2, -0.15) is 0 Å². The number of nitrogens with zero attached hydrogens (tertiary/aromatic N) is 1. The first-order valence-electron chi connectivity index (χ1n) is 5.69. The van der Waals surface area contributed by atoms with Gasteiger partial charge in [-0.1, -0.05) is 0 Å². The van der Waals surface area contributed by atoms with E-state index in [0.29, 0.717) is 38.5 Å². The number of nitrogens with two attached hydrogens (primary N) is 1. The fourth-order valence-corrected chi connectivity index (χ4v) is 1.17. The van der Waals surface area contributed by atoms with Gasteiger partial charge in [0.1, 0.15) is 5.69 Å². The second-order valence-electron chi connectivity index (χ2n) is 3.57. The largest absolute Gasteiger partial charge is 0.461 e. The summed E-state index contributed by atoms with van der Waals surface area (Å²) in [7, 11) is 1.62. The van der Waals surface area contributed by atoms with E-state index in [0.717, 1.165) is 0 Å². The van der Waals surface area contributed by atoms with Gasteiger partial charge in [0.15, 0.2) is 0 Å². The van der Waals surface area contributed by atoms with E-state index < -0.39 is 5.97 Å². The van der Waals surface area contributed by atoms with Crippen LogP contribution in [0.25, 0.3) is 0 Å². The number of hydrogen-bond acceptors (Lipinski definition) is 6. The SMILES string of the molecule is COCCOCCCOC(=O)c1ccc(N)cn1. The van der Waals surface area contributed by atoms with Crippen molar-refractivity contribution in [1.82, 2.24) is 4.98 Å². The molecule has 0 spiro atoms. The van der Waals surface area contributed by atoms with Gasteiger partial charge >= 0.3 is 5.97 Å². The summed E-state index contributed by atoms with van der Waals surface area (Å²) in [6.45, 7) is 1.95. The monoisotopic (exact) mass is 254 g/mol. The van der Waals surface area contributed by atoms with Crippen LogP contribution < -0.4 is 5.73 Å². The number of aromatic nitrogens is 1. The first-order chi connectivity index (χ1) is 8.74. The van der Waals surface area contributed by atoms with E-state index in [1.807, 2.05) is 0 Å². The Morgan fingerprint density at radius 1 is 1.28 bits per heavy atom. The zero-order valence-corrected chi connectivity index (χ0v) is 10.4. The Balaban J connectivity index is 2.12. The molecule has 1 aromatic heterocycles. The minimum Gasteiger partial charge on any atom is -0.461 e. The lowest BCUT2D eigenvalue weighted by molar-refractivity contribution is 0.0380. The molecule has 0 aliphatic carbocycles. The molecule has 18 heavy (non-hydrogen) atoms. The lowest BCUT2D eigenvalue weighted by atomic mass is 10.3. The molecule has 0 amide bonds. The van der Waals surface area contributed by atoms with E-state index in [-0.39, 0.29) is 5.69 Å². The van der Waals surface area contributed by atoms with E-state index in [1.54, 1.807) is 13.2 Å². The molecule has 0 aliphatic rings. The average molecular weight is 254 g/mol. The lowest BCUT2D eigenvalue weighted by Crippen LogP contribution is -2.11. The molecular formula is C12H18N2O4. The van der Waals surface area contributed by atoms with Gasteiger partial charge in [0, 0.05) is 20.1 Å². The number of nitrogen functional groups attached to an aromatic ring is 1. The summed E-state index contributed by atoms with van der Waals surface area (Å²) in [6.07, 6.45) is 2.06. The number of carbonyl (C=O) groups is 1. The maximum Gasteiger partial charge on any atom is 0.356 e. The summed E-state index contributed by atoms with van der Waals surface area (Å²) in [4.78, 5) is 15.4. The average Bonchev–Trinajstić information content (AvgIpc) is 2.38. The molecule has 0 aromatic carbocycles. The quantitative estimate of drug-likeness (QED) is 0.547. The third kappa shape index (κ3) is 5.60. The van der Waals surface area contributed by atoms with E-state index in [2.05, 4.69) is 4.98 Å². The second-order valence-corrected chi connectivity index (χ2v) is 3.57. The molecule has 1 heterocycles. The fourth-order valence-electron chi connectivity index (χ4n) is 1.17. The third-order valence-corrected chi connectivity index (χ3v) is 2.09.